The minimum atomic E-state index is 0. The van der Waals surface area contributed by atoms with Crippen LogP contribution < -0.4 is 15.5 Å². The Morgan fingerprint density at radius 3 is 2.59 bits per heavy atom. The number of halogens is 1. The van der Waals surface area contributed by atoms with Crippen LogP contribution >= 0.6 is 24.0 Å². The summed E-state index contributed by atoms with van der Waals surface area (Å²) in [6.45, 7) is 11.8. The molecule has 1 aliphatic rings. The summed E-state index contributed by atoms with van der Waals surface area (Å²) >= 11 is 0. The second-order valence-electron chi connectivity index (χ2n) is 6.75. The Morgan fingerprint density at radius 1 is 1.22 bits per heavy atom. The van der Waals surface area contributed by atoms with E-state index >= 15 is 0 Å². The lowest BCUT2D eigenvalue weighted by molar-refractivity contribution is 0.0376. The first-order valence-electron chi connectivity index (χ1n) is 9.81. The lowest BCUT2D eigenvalue weighted by Crippen LogP contribution is -2.41. The third-order valence-corrected chi connectivity index (χ3v) is 4.73. The van der Waals surface area contributed by atoms with Gasteiger partial charge in [0.15, 0.2) is 5.96 Å². The van der Waals surface area contributed by atoms with Crippen LogP contribution in [0.1, 0.15) is 20.3 Å². The molecule has 0 aliphatic carbocycles. The fraction of sp³-hybridized carbons (Fsp3) is 0.650. The molecule has 7 heteroatoms. The second kappa shape index (κ2) is 14.0. The summed E-state index contributed by atoms with van der Waals surface area (Å²) in [5.74, 6) is 0.905. The molecule has 154 valence electrons. The molecule has 1 heterocycles. The Balaban J connectivity index is 0.00000364. The molecule has 0 aromatic heterocycles. The number of rotatable bonds is 9. The second-order valence-corrected chi connectivity index (χ2v) is 6.75. The van der Waals surface area contributed by atoms with Crippen molar-refractivity contribution in [1.29, 1.82) is 0 Å². The number of nitrogens with one attached hydrogen (secondary N) is 2. The summed E-state index contributed by atoms with van der Waals surface area (Å²) in [5, 5.41) is 6.80. The molecule has 0 saturated carbocycles. The van der Waals surface area contributed by atoms with E-state index in [9.17, 15) is 0 Å². The normalized spacial score (nSPS) is 16.3. The molecular weight excluding hydrogens is 453 g/mol. The molecule has 1 fully saturated rings. The van der Waals surface area contributed by atoms with E-state index in [-0.39, 0.29) is 24.0 Å². The van der Waals surface area contributed by atoms with E-state index in [1.807, 2.05) is 6.07 Å². The minimum Gasteiger partial charge on any atom is -0.379 e. The fourth-order valence-electron chi connectivity index (χ4n) is 2.94. The first-order valence-corrected chi connectivity index (χ1v) is 9.81. The van der Waals surface area contributed by atoms with Gasteiger partial charge in [-0.25, -0.2) is 0 Å². The zero-order valence-electron chi connectivity index (χ0n) is 17.0. The van der Waals surface area contributed by atoms with E-state index in [4.69, 9.17) is 9.73 Å². The van der Waals surface area contributed by atoms with Crippen LogP contribution in [0.5, 0.6) is 0 Å². The Kier molecular flexibility index (Phi) is 12.4. The fourth-order valence-corrected chi connectivity index (χ4v) is 2.94. The number of aliphatic imine (C=N–C) groups is 1. The van der Waals surface area contributed by atoms with E-state index in [2.05, 4.69) is 65.6 Å². The van der Waals surface area contributed by atoms with Gasteiger partial charge in [-0.3, -0.25) is 9.89 Å². The van der Waals surface area contributed by atoms with Gasteiger partial charge in [0.05, 0.1) is 19.8 Å². The van der Waals surface area contributed by atoms with E-state index in [0.717, 1.165) is 64.9 Å². The van der Waals surface area contributed by atoms with Gasteiger partial charge in [-0.1, -0.05) is 18.2 Å². The van der Waals surface area contributed by atoms with Crippen LogP contribution in [-0.4, -0.2) is 76.4 Å². The molecule has 1 atom stereocenters. The lowest BCUT2D eigenvalue weighted by Gasteiger charge is -2.27. The molecule has 0 spiro atoms. The van der Waals surface area contributed by atoms with Gasteiger partial charge in [-0.15, -0.1) is 24.0 Å². The number of anilines is 1. The zero-order valence-corrected chi connectivity index (χ0v) is 19.3. The number of nitrogens with zero attached hydrogens (tertiary/aromatic N) is 3. The van der Waals surface area contributed by atoms with Gasteiger partial charge in [0, 0.05) is 45.0 Å². The average molecular weight is 489 g/mol. The van der Waals surface area contributed by atoms with Crippen molar-refractivity contribution in [3.63, 3.8) is 0 Å². The topological polar surface area (TPSA) is 52.1 Å². The summed E-state index contributed by atoms with van der Waals surface area (Å²) in [5.41, 5.74) is 1.22. The first-order chi connectivity index (χ1) is 12.7. The molecule has 2 rings (SSSR count). The third kappa shape index (κ3) is 9.12. The van der Waals surface area contributed by atoms with Crippen molar-refractivity contribution in [1.82, 2.24) is 15.5 Å². The summed E-state index contributed by atoms with van der Waals surface area (Å²) in [4.78, 5) is 9.50. The number of hydrogen-bond acceptors (Lipinski definition) is 4. The standard InChI is InChI=1S/C20H35N5O.HI/c1-4-21-20(22-11-8-12-25-13-15-26-16-14-25)23-17-18(2)24(3)19-9-6-5-7-10-19;/h5-7,9-10,18H,4,8,11-17H2,1-3H3,(H2,21,22,23);1H. The molecule has 1 saturated heterocycles. The zero-order chi connectivity index (χ0) is 18.6. The molecule has 2 N–H and O–H groups in total. The van der Waals surface area contributed by atoms with Crippen LogP contribution in [0, 0.1) is 0 Å². The molecule has 1 aromatic rings. The third-order valence-electron chi connectivity index (χ3n) is 4.73. The van der Waals surface area contributed by atoms with Crippen LogP contribution in [0.4, 0.5) is 5.69 Å². The molecule has 0 bridgehead atoms. The van der Waals surface area contributed by atoms with Gasteiger partial charge in [0.2, 0.25) is 0 Å². The number of ether oxygens (including phenoxy) is 1. The molecule has 27 heavy (non-hydrogen) atoms. The Labute approximate surface area is 181 Å². The lowest BCUT2D eigenvalue weighted by atomic mass is 10.2. The van der Waals surface area contributed by atoms with Gasteiger partial charge >= 0.3 is 0 Å². The van der Waals surface area contributed by atoms with E-state index in [0.29, 0.717) is 6.04 Å². The maximum Gasteiger partial charge on any atom is 0.191 e. The van der Waals surface area contributed by atoms with Gasteiger partial charge in [0.25, 0.3) is 0 Å². The largest absolute Gasteiger partial charge is 0.379 e. The highest BCUT2D eigenvalue weighted by Crippen LogP contribution is 2.14. The predicted molar refractivity (Wildman–Crippen MR) is 126 cm³/mol. The number of morpholine rings is 1. The quantitative estimate of drug-likeness (QED) is 0.242. The van der Waals surface area contributed by atoms with Gasteiger partial charge in [0.1, 0.15) is 0 Å². The van der Waals surface area contributed by atoms with Crippen LogP contribution in [-0.2, 0) is 4.74 Å². The first kappa shape index (κ1) is 24.0. The molecule has 1 unspecified atom stereocenters. The van der Waals surface area contributed by atoms with Gasteiger partial charge in [-0.2, -0.15) is 0 Å². The van der Waals surface area contributed by atoms with E-state index in [1.165, 1.54) is 5.69 Å². The molecule has 6 nitrogen and oxygen atoms in total. The monoisotopic (exact) mass is 489 g/mol. The Hall–Kier alpha value is -1.06. The van der Waals surface area contributed by atoms with Crippen molar-refractivity contribution < 1.29 is 4.74 Å². The van der Waals surface area contributed by atoms with Crippen LogP contribution in [0.25, 0.3) is 0 Å². The number of hydrogen-bond donors (Lipinski definition) is 2. The number of guanidine groups is 1. The van der Waals surface area contributed by atoms with Crippen molar-refractivity contribution in [2.75, 3.05) is 64.4 Å². The summed E-state index contributed by atoms with van der Waals surface area (Å²) in [7, 11) is 2.12. The maximum atomic E-state index is 5.39. The van der Waals surface area contributed by atoms with Crippen LogP contribution in [0.3, 0.4) is 0 Å². The minimum absolute atomic E-state index is 0. The van der Waals surface area contributed by atoms with Crippen LogP contribution in [0.2, 0.25) is 0 Å². The van der Waals surface area contributed by atoms with E-state index < -0.39 is 0 Å². The number of para-hydroxylation sites is 1. The smallest absolute Gasteiger partial charge is 0.191 e. The molecular formula is C20H36IN5O. The average Bonchev–Trinajstić information content (AvgIpc) is 2.70. The summed E-state index contributed by atoms with van der Waals surface area (Å²) in [6, 6.07) is 10.8. The highest BCUT2D eigenvalue weighted by Gasteiger charge is 2.11. The van der Waals surface area contributed by atoms with Gasteiger partial charge < -0.3 is 20.3 Å². The van der Waals surface area contributed by atoms with Crippen LogP contribution in [0.15, 0.2) is 35.3 Å². The van der Waals surface area contributed by atoms with E-state index in [1.54, 1.807) is 0 Å². The molecule has 0 amide bonds. The van der Waals surface area contributed by atoms with Crippen molar-refractivity contribution in [3.8, 4) is 0 Å². The highest BCUT2D eigenvalue weighted by atomic mass is 127. The van der Waals surface area contributed by atoms with Crippen molar-refractivity contribution >= 4 is 35.6 Å². The molecule has 0 radical (unpaired) electrons. The predicted octanol–water partition coefficient (Wildman–Crippen LogP) is 2.41. The number of benzene rings is 1. The highest BCUT2D eigenvalue weighted by molar-refractivity contribution is 14.0. The summed E-state index contributed by atoms with van der Waals surface area (Å²) < 4.78 is 5.39. The SMILES string of the molecule is CCNC(=NCC(C)N(C)c1ccccc1)NCCCN1CCOCC1.I. The maximum absolute atomic E-state index is 5.39. The molecule has 1 aliphatic heterocycles. The Bertz CT molecular complexity index is 522. The van der Waals surface area contributed by atoms with Gasteiger partial charge in [-0.05, 0) is 38.9 Å². The number of likely N-dealkylation sites (N-methyl/N-ethyl adjacent to an activating group) is 1. The van der Waals surface area contributed by atoms with Crippen molar-refractivity contribution in [3.05, 3.63) is 30.3 Å². The molecule has 1 aromatic carbocycles. The van der Waals surface area contributed by atoms with Crippen molar-refractivity contribution in [2.24, 2.45) is 4.99 Å². The summed E-state index contributed by atoms with van der Waals surface area (Å²) in [6.07, 6.45) is 1.11. The Morgan fingerprint density at radius 2 is 1.93 bits per heavy atom. The van der Waals surface area contributed by atoms with Crippen molar-refractivity contribution in [2.45, 2.75) is 26.3 Å².